The number of guanidine groups is 1. The van der Waals surface area contributed by atoms with Gasteiger partial charge in [0.2, 0.25) is 17.7 Å². The largest absolute Gasteiger partial charge is 0.379 e. The second-order valence-electron chi connectivity index (χ2n) is 20.4. The Morgan fingerprint density at radius 1 is 0.880 bits per heavy atom. The standard InChI is InChI=1S/C55H88N10O10/c1-14-39(4)51(62(11)54(70)50(38(2)3)57-55(60(7)8)61(9)10)47(71-12)35-49(68)64-25-18-21-45(64)52(72-13)41(6)46(66)34-43(33-42-19-16-15-17-20-42)53(69)56-24-27-73-29-31-75-32-30-74-28-26-63-36-44(58-59-63)37-65-40(5)22-23-48(65)67/h15-17,19-20,22-23,36,38-39,41,43,45,47,50-52H,5,14,18,21,24-35,37H2,1-4,6-13H3,(H,56,69)/t39-,41-,43+,45-,47+,50-,51-,52+/m0/s1. The van der Waals surface area contributed by atoms with Gasteiger partial charge in [-0.3, -0.25) is 24.0 Å². The van der Waals surface area contributed by atoms with Gasteiger partial charge in [0, 0.05) is 92.6 Å². The molecule has 418 valence electrons. The quantitative estimate of drug-likeness (QED) is 0.0608. The number of hydrogen-bond donors (Lipinski definition) is 1. The van der Waals surface area contributed by atoms with Crippen LogP contribution in [-0.4, -0.2) is 207 Å². The lowest BCUT2D eigenvalue weighted by atomic mass is 9.85. The molecule has 0 radical (unpaired) electrons. The number of carbonyl (C=O) groups is 5. The van der Waals surface area contributed by atoms with Gasteiger partial charge < -0.3 is 53.5 Å². The van der Waals surface area contributed by atoms with Crippen LogP contribution in [0, 0.1) is 23.7 Å². The van der Waals surface area contributed by atoms with E-state index in [0.717, 1.165) is 18.4 Å². The van der Waals surface area contributed by atoms with Crippen LogP contribution in [0.2, 0.25) is 0 Å². The molecule has 75 heavy (non-hydrogen) atoms. The summed E-state index contributed by atoms with van der Waals surface area (Å²) in [5.41, 5.74) is 2.22. The summed E-state index contributed by atoms with van der Waals surface area (Å²) < 4.78 is 30.9. The molecule has 8 atom stereocenters. The summed E-state index contributed by atoms with van der Waals surface area (Å²) in [5.74, 6) is -1.44. The molecule has 1 N–H and O–H groups in total. The Bertz CT molecular complexity index is 2160. The minimum atomic E-state index is -0.650. The number of carbonyl (C=O) groups excluding carboxylic acids is 5. The van der Waals surface area contributed by atoms with Crippen molar-refractivity contribution in [1.82, 2.24) is 44.8 Å². The summed E-state index contributed by atoms with van der Waals surface area (Å²) in [5, 5.41) is 11.2. The van der Waals surface area contributed by atoms with Gasteiger partial charge in [-0.2, -0.15) is 0 Å². The van der Waals surface area contributed by atoms with Gasteiger partial charge in [0.15, 0.2) is 5.96 Å². The maximum Gasteiger partial charge on any atom is 0.251 e. The van der Waals surface area contributed by atoms with Crippen molar-refractivity contribution in [3.63, 3.8) is 0 Å². The van der Waals surface area contributed by atoms with E-state index in [1.807, 2.05) is 94.0 Å². The molecule has 1 aromatic carbocycles. The number of likely N-dealkylation sites (N-methyl/N-ethyl adjacent to an activating group) is 1. The van der Waals surface area contributed by atoms with Crippen LogP contribution in [0.3, 0.4) is 0 Å². The molecule has 2 aliphatic rings. The smallest absolute Gasteiger partial charge is 0.251 e. The van der Waals surface area contributed by atoms with Crippen LogP contribution in [-0.2, 0) is 67.2 Å². The van der Waals surface area contributed by atoms with E-state index in [1.54, 1.807) is 43.1 Å². The highest BCUT2D eigenvalue weighted by atomic mass is 16.5. The maximum atomic E-state index is 14.5. The van der Waals surface area contributed by atoms with E-state index < -0.39 is 36.1 Å². The van der Waals surface area contributed by atoms with Crippen LogP contribution < -0.4 is 5.32 Å². The number of nitrogens with one attached hydrogen (secondary N) is 1. The molecule has 0 spiro atoms. The number of benzene rings is 1. The van der Waals surface area contributed by atoms with Gasteiger partial charge in [-0.05, 0) is 42.7 Å². The Labute approximate surface area is 446 Å². The summed E-state index contributed by atoms with van der Waals surface area (Å²) in [7, 11) is 12.5. The Morgan fingerprint density at radius 2 is 1.53 bits per heavy atom. The highest BCUT2D eigenvalue weighted by Crippen LogP contribution is 2.31. The van der Waals surface area contributed by atoms with E-state index in [9.17, 15) is 24.0 Å². The number of hydrogen-bond acceptors (Lipinski definition) is 13. The van der Waals surface area contributed by atoms with Crippen molar-refractivity contribution in [3.8, 4) is 0 Å². The number of methoxy groups -OCH3 is 2. The number of likely N-dealkylation sites (tertiary alicyclic amines) is 1. The molecule has 4 amide bonds. The molecule has 0 aliphatic carbocycles. The molecule has 0 unspecified atom stereocenters. The zero-order valence-electron chi connectivity index (χ0n) is 46.9. The second kappa shape index (κ2) is 31.5. The van der Waals surface area contributed by atoms with Crippen molar-refractivity contribution >= 4 is 35.4 Å². The lowest BCUT2D eigenvalue weighted by molar-refractivity contribution is -0.146. The van der Waals surface area contributed by atoms with Crippen molar-refractivity contribution in [3.05, 3.63) is 72.2 Å². The first kappa shape index (κ1) is 62.0. The number of ether oxygens (including phenoxy) is 5. The molecular weight excluding hydrogens is 961 g/mol. The molecule has 0 bridgehead atoms. The van der Waals surface area contributed by atoms with Crippen LogP contribution >= 0.6 is 0 Å². The predicted molar refractivity (Wildman–Crippen MR) is 287 cm³/mol. The number of Topliss-reactive ketones (excluding diaryl/α,β-unsaturated/α-hetero) is 1. The number of amides is 4. The highest BCUT2D eigenvalue weighted by Gasteiger charge is 2.43. The topological polar surface area (TPSA) is 203 Å². The minimum Gasteiger partial charge on any atom is -0.379 e. The van der Waals surface area contributed by atoms with Crippen LogP contribution in [0.1, 0.15) is 78.0 Å². The third kappa shape index (κ3) is 18.6. The Balaban J connectivity index is 1.27. The summed E-state index contributed by atoms with van der Waals surface area (Å²) in [6, 6.07) is 8.19. The summed E-state index contributed by atoms with van der Waals surface area (Å²) >= 11 is 0. The van der Waals surface area contributed by atoms with Gasteiger partial charge in [-0.15, -0.1) is 5.10 Å². The van der Waals surface area contributed by atoms with Gasteiger partial charge >= 0.3 is 0 Å². The molecule has 4 rings (SSSR count). The summed E-state index contributed by atoms with van der Waals surface area (Å²) in [6.45, 7) is 17.5. The third-order valence-corrected chi connectivity index (χ3v) is 14.1. The van der Waals surface area contributed by atoms with Crippen LogP contribution in [0.4, 0.5) is 0 Å². The third-order valence-electron chi connectivity index (χ3n) is 14.1. The molecule has 2 aromatic rings. The predicted octanol–water partition coefficient (Wildman–Crippen LogP) is 4.10. The molecule has 1 fully saturated rings. The van der Waals surface area contributed by atoms with Gasteiger partial charge in [0.05, 0.1) is 89.6 Å². The molecule has 20 nitrogen and oxygen atoms in total. The first-order valence-electron chi connectivity index (χ1n) is 26.5. The van der Waals surface area contributed by atoms with Crippen LogP contribution in [0.25, 0.3) is 0 Å². The normalized spacial score (nSPS) is 17.4. The highest BCUT2D eigenvalue weighted by molar-refractivity contribution is 5.93. The van der Waals surface area contributed by atoms with E-state index in [4.69, 9.17) is 28.7 Å². The lowest BCUT2D eigenvalue weighted by Crippen LogP contribution is -2.55. The van der Waals surface area contributed by atoms with E-state index >= 15 is 0 Å². The van der Waals surface area contributed by atoms with Crippen LogP contribution in [0.5, 0.6) is 0 Å². The van der Waals surface area contributed by atoms with Gasteiger partial charge in [0.25, 0.3) is 5.91 Å². The van der Waals surface area contributed by atoms with Crippen molar-refractivity contribution in [1.29, 1.82) is 0 Å². The fraction of sp³-hybridized carbons (Fsp3) is 0.673. The fourth-order valence-electron chi connectivity index (χ4n) is 9.82. The first-order chi connectivity index (χ1) is 35.8. The first-order valence-corrected chi connectivity index (χ1v) is 26.5. The summed E-state index contributed by atoms with van der Waals surface area (Å²) in [6.07, 6.45) is 6.26. The van der Waals surface area contributed by atoms with E-state index in [0.29, 0.717) is 82.9 Å². The van der Waals surface area contributed by atoms with Crippen molar-refractivity contribution in [2.24, 2.45) is 28.7 Å². The maximum absolute atomic E-state index is 14.5. The Kier molecular flexibility index (Phi) is 26.0. The fourth-order valence-corrected chi connectivity index (χ4v) is 9.82. The average molecular weight is 1050 g/mol. The van der Waals surface area contributed by atoms with Crippen molar-refractivity contribution in [2.45, 2.75) is 117 Å². The van der Waals surface area contributed by atoms with Crippen molar-refractivity contribution < 1.29 is 47.7 Å². The van der Waals surface area contributed by atoms with E-state index in [-0.39, 0.29) is 73.3 Å². The van der Waals surface area contributed by atoms with Crippen LogP contribution in [0.15, 0.2) is 65.9 Å². The Morgan fingerprint density at radius 3 is 2.12 bits per heavy atom. The van der Waals surface area contributed by atoms with Gasteiger partial charge in [-0.25, -0.2) is 9.67 Å². The zero-order valence-corrected chi connectivity index (χ0v) is 46.9. The number of nitrogens with zero attached hydrogens (tertiary/aromatic N) is 9. The SMILES string of the molecule is C=C1C=CC(=O)N1Cc1cn(CCOCCOCCOCCNC(=O)[C@@H](CC(=O)[C@H](C)[C@@H](OC)[C@@H]2CCCN2C(=O)C[C@@H](OC)[C@H]([C@@H](C)CC)N(C)C(=O)[C@@H](N=C(N(C)C)N(C)C)C(C)C)Cc2ccccc2)nn1. The van der Waals surface area contributed by atoms with Gasteiger partial charge in [-0.1, -0.05) is 83.2 Å². The molecule has 0 saturated carbocycles. The molecule has 2 aliphatic heterocycles. The summed E-state index contributed by atoms with van der Waals surface area (Å²) in [4.78, 5) is 82.6. The van der Waals surface area contributed by atoms with E-state index in [2.05, 4.69) is 36.1 Å². The average Bonchev–Trinajstić information content (AvgIpc) is 4.14. The number of allylic oxidation sites excluding steroid dienone is 1. The molecule has 1 saturated heterocycles. The number of aliphatic imine (C=N–C) groups is 1. The minimum absolute atomic E-state index is 0.00117. The molecular formula is C55H88N10O10. The van der Waals surface area contributed by atoms with Gasteiger partial charge in [0.1, 0.15) is 17.5 Å². The number of aromatic nitrogens is 3. The number of ketones is 1. The molecule has 3 heterocycles. The zero-order chi connectivity index (χ0) is 55.2. The number of rotatable bonds is 33. The van der Waals surface area contributed by atoms with E-state index in [1.165, 1.54) is 11.0 Å². The second-order valence-corrected chi connectivity index (χ2v) is 20.4. The Hall–Kier alpha value is -5.54. The van der Waals surface area contributed by atoms with Crippen molar-refractivity contribution in [2.75, 3.05) is 102 Å². The molecule has 1 aromatic heterocycles. The monoisotopic (exact) mass is 1050 g/mol. The molecule has 20 heteroatoms. The lowest BCUT2D eigenvalue weighted by Gasteiger charge is -2.40.